The predicted molar refractivity (Wildman–Crippen MR) is 117 cm³/mol. The first-order valence-electron chi connectivity index (χ1n) is 10.5. The molecule has 0 aliphatic carbocycles. The minimum Gasteiger partial charge on any atom is -0.487 e. The highest BCUT2D eigenvalue weighted by molar-refractivity contribution is 7.89. The number of hydrogen-bond acceptors (Lipinski definition) is 5. The van der Waals surface area contributed by atoms with Gasteiger partial charge in [0, 0.05) is 32.7 Å². The molecule has 9 heteroatoms. The maximum Gasteiger partial charge on any atom is 0.407 e. The van der Waals surface area contributed by atoms with Crippen molar-refractivity contribution in [2.45, 2.75) is 23.8 Å². The third kappa shape index (κ3) is 4.77. The fourth-order valence-corrected chi connectivity index (χ4v) is 5.63. The van der Waals surface area contributed by atoms with Crippen LogP contribution in [-0.4, -0.2) is 74.2 Å². The summed E-state index contributed by atoms with van der Waals surface area (Å²) in [4.78, 5) is 15.0. The number of carbonyl (C=O) groups is 1. The molecule has 2 aliphatic heterocycles. The molecule has 31 heavy (non-hydrogen) atoms. The number of hydrogen-bond donors (Lipinski definition) is 1. The second kappa shape index (κ2) is 9.15. The van der Waals surface area contributed by atoms with Crippen LogP contribution in [0.5, 0.6) is 5.75 Å². The molecule has 0 bridgehead atoms. The van der Waals surface area contributed by atoms with E-state index < -0.39 is 16.1 Å². The third-order valence-electron chi connectivity index (χ3n) is 5.77. The molecule has 4 rings (SSSR count). The Morgan fingerprint density at radius 1 is 0.935 bits per heavy atom. The lowest BCUT2D eigenvalue weighted by Gasteiger charge is -2.36. The van der Waals surface area contributed by atoms with Crippen LogP contribution in [0.3, 0.4) is 0 Å². The monoisotopic (exact) mass is 445 g/mol. The van der Waals surface area contributed by atoms with Gasteiger partial charge in [-0.25, -0.2) is 13.2 Å². The van der Waals surface area contributed by atoms with E-state index in [2.05, 4.69) is 4.90 Å². The van der Waals surface area contributed by atoms with Crippen LogP contribution in [0.2, 0.25) is 0 Å². The SMILES string of the molecule is O=C(O)N1CCN(c2ccccc2OC2CCCN(S(=O)(=O)c3ccccc3)C2)CC1. The van der Waals surface area contributed by atoms with Crippen LogP contribution in [0, 0.1) is 0 Å². The van der Waals surface area contributed by atoms with Crippen molar-refractivity contribution in [3.05, 3.63) is 54.6 Å². The highest BCUT2D eigenvalue weighted by Crippen LogP contribution is 2.32. The molecule has 2 aliphatic rings. The minimum atomic E-state index is -3.55. The fraction of sp³-hybridized carbons (Fsp3) is 0.409. The Bertz CT molecular complexity index is 1010. The standard InChI is InChI=1S/C22H27N3O5S/c26-22(27)24-15-13-23(14-16-24)20-10-4-5-11-21(20)30-18-7-6-12-25(17-18)31(28,29)19-8-2-1-3-9-19/h1-5,8-11,18H,6-7,12-17H2,(H,26,27). The lowest BCUT2D eigenvalue weighted by Crippen LogP contribution is -2.48. The Hall–Kier alpha value is -2.78. The van der Waals surface area contributed by atoms with Crippen LogP contribution in [0.1, 0.15) is 12.8 Å². The number of benzene rings is 2. The van der Waals surface area contributed by atoms with Gasteiger partial charge < -0.3 is 19.6 Å². The van der Waals surface area contributed by atoms with Gasteiger partial charge in [-0.05, 0) is 37.1 Å². The third-order valence-corrected chi connectivity index (χ3v) is 7.65. The van der Waals surface area contributed by atoms with E-state index >= 15 is 0 Å². The number of piperazine rings is 1. The zero-order valence-corrected chi connectivity index (χ0v) is 18.1. The van der Waals surface area contributed by atoms with Crippen molar-refractivity contribution in [2.24, 2.45) is 0 Å². The molecule has 2 aromatic rings. The summed E-state index contributed by atoms with van der Waals surface area (Å²) in [5, 5.41) is 9.17. The average molecular weight is 446 g/mol. The average Bonchev–Trinajstić information content (AvgIpc) is 2.80. The van der Waals surface area contributed by atoms with E-state index in [1.54, 1.807) is 30.3 Å². The van der Waals surface area contributed by atoms with Crippen molar-refractivity contribution in [2.75, 3.05) is 44.2 Å². The van der Waals surface area contributed by atoms with Crippen LogP contribution in [0.4, 0.5) is 10.5 Å². The molecule has 0 saturated carbocycles. The number of nitrogens with zero attached hydrogens (tertiary/aromatic N) is 3. The van der Waals surface area contributed by atoms with Gasteiger partial charge in [-0.1, -0.05) is 30.3 Å². The maximum atomic E-state index is 13.0. The molecule has 1 unspecified atom stereocenters. The van der Waals surface area contributed by atoms with E-state index in [-0.39, 0.29) is 6.10 Å². The topological polar surface area (TPSA) is 90.4 Å². The Balaban J connectivity index is 1.46. The number of ether oxygens (including phenoxy) is 1. The van der Waals surface area contributed by atoms with Gasteiger partial charge in [-0.2, -0.15) is 4.31 Å². The van der Waals surface area contributed by atoms with E-state index in [1.165, 1.54) is 9.21 Å². The van der Waals surface area contributed by atoms with E-state index in [9.17, 15) is 13.2 Å². The van der Waals surface area contributed by atoms with Crippen molar-refractivity contribution >= 4 is 21.8 Å². The molecular formula is C22H27N3O5S. The number of piperidine rings is 1. The maximum absolute atomic E-state index is 13.0. The summed E-state index contributed by atoms with van der Waals surface area (Å²) in [5.74, 6) is 0.704. The van der Waals surface area contributed by atoms with Gasteiger partial charge in [0.05, 0.1) is 17.1 Å². The van der Waals surface area contributed by atoms with Gasteiger partial charge in [0.2, 0.25) is 10.0 Å². The first-order chi connectivity index (χ1) is 14.9. The highest BCUT2D eigenvalue weighted by Gasteiger charge is 2.32. The fourth-order valence-electron chi connectivity index (χ4n) is 4.10. The molecular weight excluding hydrogens is 418 g/mol. The number of para-hydroxylation sites is 2. The Kier molecular flexibility index (Phi) is 6.33. The quantitative estimate of drug-likeness (QED) is 0.761. The molecule has 166 valence electrons. The summed E-state index contributed by atoms with van der Waals surface area (Å²) in [6.07, 6.45) is 0.373. The molecule has 1 amide bonds. The Labute approximate surface area is 182 Å². The van der Waals surface area contributed by atoms with Crippen molar-refractivity contribution < 1.29 is 23.1 Å². The van der Waals surface area contributed by atoms with Gasteiger partial charge in [0.1, 0.15) is 11.9 Å². The Morgan fingerprint density at radius 3 is 2.32 bits per heavy atom. The largest absolute Gasteiger partial charge is 0.487 e. The van der Waals surface area contributed by atoms with Crippen LogP contribution in [-0.2, 0) is 10.0 Å². The second-order valence-electron chi connectivity index (χ2n) is 7.78. The van der Waals surface area contributed by atoms with Crippen molar-refractivity contribution in [3.63, 3.8) is 0 Å². The molecule has 0 radical (unpaired) electrons. The Morgan fingerprint density at radius 2 is 1.61 bits per heavy atom. The molecule has 1 atom stereocenters. The van der Waals surface area contributed by atoms with Gasteiger partial charge in [0.15, 0.2) is 0 Å². The smallest absolute Gasteiger partial charge is 0.407 e. The molecule has 2 aromatic carbocycles. The zero-order valence-electron chi connectivity index (χ0n) is 17.3. The first-order valence-corrected chi connectivity index (χ1v) is 11.9. The van der Waals surface area contributed by atoms with Crippen LogP contribution in [0.25, 0.3) is 0 Å². The van der Waals surface area contributed by atoms with E-state index in [4.69, 9.17) is 9.84 Å². The number of carboxylic acid groups (broad SMARTS) is 1. The van der Waals surface area contributed by atoms with Crippen molar-refractivity contribution in [3.8, 4) is 5.75 Å². The molecule has 0 aromatic heterocycles. The summed E-state index contributed by atoms with van der Waals surface area (Å²) in [6, 6.07) is 16.2. The number of amides is 1. The van der Waals surface area contributed by atoms with Crippen LogP contribution >= 0.6 is 0 Å². The number of rotatable bonds is 5. The summed E-state index contributed by atoms with van der Waals surface area (Å²) in [6.45, 7) is 2.85. The van der Waals surface area contributed by atoms with Crippen molar-refractivity contribution in [1.29, 1.82) is 0 Å². The molecule has 2 fully saturated rings. The first kappa shape index (κ1) is 21.5. The summed E-state index contributed by atoms with van der Waals surface area (Å²) < 4.78 is 33.8. The molecule has 8 nitrogen and oxygen atoms in total. The normalized spacial score (nSPS) is 20.5. The lowest BCUT2D eigenvalue weighted by molar-refractivity contribution is 0.129. The lowest BCUT2D eigenvalue weighted by atomic mass is 10.1. The molecule has 2 heterocycles. The molecule has 0 spiro atoms. The van der Waals surface area contributed by atoms with Crippen LogP contribution < -0.4 is 9.64 Å². The van der Waals surface area contributed by atoms with Gasteiger partial charge in [0.25, 0.3) is 0 Å². The molecule has 2 saturated heterocycles. The zero-order chi connectivity index (χ0) is 21.8. The van der Waals surface area contributed by atoms with E-state index in [1.807, 2.05) is 24.3 Å². The van der Waals surface area contributed by atoms with Gasteiger partial charge in [-0.15, -0.1) is 0 Å². The number of sulfonamides is 1. The van der Waals surface area contributed by atoms with Gasteiger partial charge in [-0.3, -0.25) is 0 Å². The predicted octanol–water partition coefficient (Wildman–Crippen LogP) is 2.72. The summed E-state index contributed by atoms with van der Waals surface area (Å²) in [7, 11) is -3.55. The van der Waals surface area contributed by atoms with E-state index in [0.29, 0.717) is 49.9 Å². The second-order valence-corrected chi connectivity index (χ2v) is 9.72. The number of anilines is 1. The van der Waals surface area contributed by atoms with Crippen molar-refractivity contribution in [1.82, 2.24) is 9.21 Å². The molecule has 1 N–H and O–H groups in total. The summed E-state index contributed by atoms with van der Waals surface area (Å²) >= 11 is 0. The van der Waals surface area contributed by atoms with Gasteiger partial charge >= 0.3 is 6.09 Å². The summed E-state index contributed by atoms with van der Waals surface area (Å²) in [5.41, 5.74) is 0.913. The highest BCUT2D eigenvalue weighted by atomic mass is 32.2. The van der Waals surface area contributed by atoms with E-state index in [0.717, 1.165) is 18.5 Å². The minimum absolute atomic E-state index is 0.242. The van der Waals surface area contributed by atoms with Crippen LogP contribution in [0.15, 0.2) is 59.5 Å².